The van der Waals surface area contributed by atoms with Crippen LogP contribution in [0.25, 0.3) is 0 Å². The van der Waals surface area contributed by atoms with Crippen LogP contribution < -0.4 is 5.32 Å². The summed E-state index contributed by atoms with van der Waals surface area (Å²) in [6.07, 6.45) is 1.50. The van der Waals surface area contributed by atoms with Gasteiger partial charge in [-0.05, 0) is 17.5 Å². The Morgan fingerprint density at radius 1 is 1.44 bits per heavy atom. The van der Waals surface area contributed by atoms with Gasteiger partial charge >= 0.3 is 5.97 Å². The quantitative estimate of drug-likeness (QED) is 0.743. The van der Waals surface area contributed by atoms with E-state index in [9.17, 15) is 4.79 Å². The molecule has 4 heteroatoms. The molecule has 0 aliphatic heterocycles. The predicted molar refractivity (Wildman–Crippen MR) is 70.3 cm³/mol. The first-order valence-corrected chi connectivity index (χ1v) is 6.20. The molecule has 0 heterocycles. The number of carbonyl (C=O) groups is 1. The lowest BCUT2D eigenvalue weighted by molar-refractivity contribution is -0.139. The van der Waals surface area contributed by atoms with Crippen LogP contribution in [0.5, 0.6) is 0 Å². The third-order valence-electron chi connectivity index (χ3n) is 2.73. The van der Waals surface area contributed by atoms with E-state index in [1.165, 1.54) is 0 Å². The van der Waals surface area contributed by atoms with Crippen LogP contribution in [-0.2, 0) is 22.7 Å². The Morgan fingerprint density at radius 3 is 2.78 bits per heavy atom. The first-order chi connectivity index (χ1) is 8.67. The molecule has 0 bridgehead atoms. The molecular formula is C14H21NO3. The van der Waals surface area contributed by atoms with Crippen molar-refractivity contribution in [1.29, 1.82) is 0 Å². The van der Waals surface area contributed by atoms with Crippen LogP contribution in [-0.4, -0.2) is 24.2 Å². The number of nitrogens with one attached hydrogen (secondary N) is 1. The molecule has 0 amide bonds. The Kier molecular flexibility index (Phi) is 6.39. The SMILES string of the molecule is CCCC(NCc1cccc(COC)c1)C(=O)O. The summed E-state index contributed by atoms with van der Waals surface area (Å²) < 4.78 is 5.07. The van der Waals surface area contributed by atoms with Gasteiger partial charge in [-0.3, -0.25) is 4.79 Å². The molecule has 18 heavy (non-hydrogen) atoms. The molecule has 0 saturated carbocycles. The Hall–Kier alpha value is -1.39. The van der Waals surface area contributed by atoms with E-state index >= 15 is 0 Å². The fraction of sp³-hybridized carbons (Fsp3) is 0.500. The van der Waals surface area contributed by atoms with Gasteiger partial charge in [0.05, 0.1) is 6.61 Å². The van der Waals surface area contributed by atoms with E-state index < -0.39 is 12.0 Å². The molecule has 4 nitrogen and oxygen atoms in total. The standard InChI is InChI=1S/C14H21NO3/c1-3-5-13(14(16)17)15-9-11-6-4-7-12(8-11)10-18-2/h4,6-8,13,15H,3,5,9-10H2,1-2H3,(H,16,17). The Morgan fingerprint density at radius 2 is 2.17 bits per heavy atom. The second-order valence-corrected chi connectivity index (χ2v) is 4.31. The van der Waals surface area contributed by atoms with Crippen molar-refractivity contribution in [2.75, 3.05) is 7.11 Å². The predicted octanol–water partition coefficient (Wildman–Crippen LogP) is 2.18. The van der Waals surface area contributed by atoms with Crippen molar-refractivity contribution in [1.82, 2.24) is 5.32 Å². The van der Waals surface area contributed by atoms with Crippen molar-refractivity contribution in [2.45, 2.75) is 39.0 Å². The number of aliphatic carboxylic acids is 1. The van der Waals surface area contributed by atoms with Gasteiger partial charge in [-0.1, -0.05) is 37.6 Å². The molecule has 1 atom stereocenters. The number of methoxy groups -OCH3 is 1. The van der Waals surface area contributed by atoms with Gasteiger partial charge in [-0.15, -0.1) is 0 Å². The number of carboxylic acid groups (broad SMARTS) is 1. The minimum absolute atomic E-state index is 0.471. The number of ether oxygens (including phenoxy) is 1. The van der Waals surface area contributed by atoms with Crippen LogP contribution in [0.15, 0.2) is 24.3 Å². The Bertz CT molecular complexity index is 379. The Balaban J connectivity index is 2.55. The normalized spacial score (nSPS) is 12.3. The number of hydrogen-bond acceptors (Lipinski definition) is 3. The van der Waals surface area contributed by atoms with Crippen LogP contribution in [0.4, 0.5) is 0 Å². The van der Waals surface area contributed by atoms with Gasteiger partial charge in [0.2, 0.25) is 0 Å². The summed E-state index contributed by atoms with van der Waals surface area (Å²) in [4.78, 5) is 11.0. The molecule has 100 valence electrons. The van der Waals surface area contributed by atoms with Gasteiger partial charge in [0, 0.05) is 13.7 Å². The van der Waals surface area contributed by atoms with Gasteiger partial charge in [-0.2, -0.15) is 0 Å². The zero-order valence-electron chi connectivity index (χ0n) is 11.0. The van der Waals surface area contributed by atoms with E-state index in [0.29, 0.717) is 19.6 Å². The smallest absolute Gasteiger partial charge is 0.320 e. The minimum Gasteiger partial charge on any atom is -0.480 e. The molecule has 0 saturated heterocycles. The zero-order valence-corrected chi connectivity index (χ0v) is 11.0. The molecular weight excluding hydrogens is 230 g/mol. The lowest BCUT2D eigenvalue weighted by atomic mass is 10.1. The van der Waals surface area contributed by atoms with Crippen LogP contribution in [0.3, 0.4) is 0 Å². The molecule has 0 spiro atoms. The van der Waals surface area contributed by atoms with E-state index in [0.717, 1.165) is 17.5 Å². The van der Waals surface area contributed by atoms with E-state index in [2.05, 4.69) is 5.32 Å². The number of benzene rings is 1. The van der Waals surface area contributed by atoms with Crippen molar-refractivity contribution in [3.8, 4) is 0 Å². The van der Waals surface area contributed by atoms with Crippen molar-refractivity contribution in [2.24, 2.45) is 0 Å². The maximum atomic E-state index is 11.0. The summed E-state index contributed by atoms with van der Waals surface area (Å²) in [6.45, 7) is 3.12. The summed E-state index contributed by atoms with van der Waals surface area (Å²) in [5, 5.41) is 12.1. The molecule has 0 aliphatic carbocycles. The molecule has 0 aliphatic rings. The first kappa shape index (κ1) is 14.7. The highest BCUT2D eigenvalue weighted by Crippen LogP contribution is 2.07. The van der Waals surface area contributed by atoms with Crippen LogP contribution in [0.2, 0.25) is 0 Å². The first-order valence-electron chi connectivity index (χ1n) is 6.20. The summed E-state index contributed by atoms with van der Waals surface area (Å²) in [7, 11) is 1.66. The fourth-order valence-electron chi connectivity index (χ4n) is 1.84. The third kappa shape index (κ3) is 4.85. The maximum absolute atomic E-state index is 11.0. The number of carboxylic acids is 1. The van der Waals surface area contributed by atoms with Gasteiger partial charge in [-0.25, -0.2) is 0 Å². The van der Waals surface area contributed by atoms with Crippen LogP contribution in [0.1, 0.15) is 30.9 Å². The molecule has 0 aromatic heterocycles. The van der Waals surface area contributed by atoms with Crippen LogP contribution in [0, 0.1) is 0 Å². The Labute approximate surface area is 108 Å². The molecule has 0 fully saturated rings. The molecule has 2 N–H and O–H groups in total. The van der Waals surface area contributed by atoms with Crippen LogP contribution >= 0.6 is 0 Å². The monoisotopic (exact) mass is 251 g/mol. The van der Waals surface area contributed by atoms with E-state index in [-0.39, 0.29) is 0 Å². The van der Waals surface area contributed by atoms with Crippen molar-refractivity contribution < 1.29 is 14.6 Å². The fourth-order valence-corrected chi connectivity index (χ4v) is 1.84. The lowest BCUT2D eigenvalue weighted by Crippen LogP contribution is -2.36. The van der Waals surface area contributed by atoms with Gasteiger partial charge < -0.3 is 15.2 Å². The van der Waals surface area contributed by atoms with E-state index in [1.54, 1.807) is 7.11 Å². The average Bonchev–Trinajstić information content (AvgIpc) is 2.35. The molecule has 1 aromatic carbocycles. The summed E-state index contributed by atoms with van der Waals surface area (Å²) in [6, 6.07) is 7.49. The highest BCUT2D eigenvalue weighted by atomic mass is 16.5. The van der Waals surface area contributed by atoms with Crippen molar-refractivity contribution in [3.63, 3.8) is 0 Å². The molecule has 0 radical (unpaired) electrons. The second kappa shape index (κ2) is 7.84. The van der Waals surface area contributed by atoms with Gasteiger partial charge in [0.1, 0.15) is 6.04 Å². The van der Waals surface area contributed by atoms with E-state index in [1.807, 2.05) is 31.2 Å². The zero-order chi connectivity index (χ0) is 13.4. The topological polar surface area (TPSA) is 58.6 Å². The van der Waals surface area contributed by atoms with Gasteiger partial charge in [0.25, 0.3) is 0 Å². The number of hydrogen-bond donors (Lipinski definition) is 2. The summed E-state index contributed by atoms with van der Waals surface area (Å²) >= 11 is 0. The second-order valence-electron chi connectivity index (χ2n) is 4.31. The van der Waals surface area contributed by atoms with Gasteiger partial charge in [0.15, 0.2) is 0 Å². The number of rotatable bonds is 8. The molecule has 1 rings (SSSR count). The highest BCUT2D eigenvalue weighted by molar-refractivity contribution is 5.73. The van der Waals surface area contributed by atoms with Crippen molar-refractivity contribution in [3.05, 3.63) is 35.4 Å². The van der Waals surface area contributed by atoms with E-state index in [4.69, 9.17) is 9.84 Å². The summed E-state index contributed by atoms with van der Waals surface area (Å²) in [5.41, 5.74) is 2.17. The molecule has 1 aromatic rings. The summed E-state index contributed by atoms with van der Waals surface area (Å²) in [5.74, 6) is -0.787. The minimum atomic E-state index is -0.787. The average molecular weight is 251 g/mol. The highest BCUT2D eigenvalue weighted by Gasteiger charge is 2.14. The molecule has 1 unspecified atom stereocenters. The lowest BCUT2D eigenvalue weighted by Gasteiger charge is -2.13. The third-order valence-corrected chi connectivity index (χ3v) is 2.73. The largest absolute Gasteiger partial charge is 0.480 e. The maximum Gasteiger partial charge on any atom is 0.320 e. The van der Waals surface area contributed by atoms with Crippen molar-refractivity contribution >= 4 is 5.97 Å².